The van der Waals surface area contributed by atoms with Crippen LogP contribution in [0.5, 0.6) is 5.75 Å². The van der Waals surface area contributed by atoms with E-state index in [2.05, 4.69) is 0 Å². The number of amides is 1. The zero-order valence-electron chi connectivity index (χ0n) is 12.2. The number of nitrogens with zero attached hydrogens (tertiary/aromatic N) is 1. The Morgan fingerprint density at radius 1 is 1.38 bits per heavy atom. The lowest BCUT2D eigenvalue weighted by atomic mass is 9.97. The number of carbonyl (C=O) groups is 2. The van der Waals surface area contributed by atoms with Crippen LogP contribution in [0.15, 0.2) is 24.3 Å². The van der Waals surface area contributed by atoms with Gasteiger partial charge in [-0.15, -0.1) is 0 Å². The summed E-state index contributed by atoms with van der Waals surface area (Å²) in [6.45, 7) is 0.695. The van der Waals surface area contributed by atoms with E-state index in [1.54, 1.807) is 31.4 Å². The van der Waals surface area contributed by atoms with Gasteiger partial charge in [0.2, 0.25) is 0 Å². The fraction of sp³-hybridized carbons (Fsp3) is 0.500. The van der Waals surface area contributed by atoms with Crippen molar-refractivity contribution >= 4 is 11.9 Å². The summed E-state index contributed by atoms with van der Waals surface area (Å²) in [5.41, 5.74) is 0.594. The molecule has 114 valence electrons. The Labute approximate surface area is 124 Å². The van der Waals surface area contributed by atoms with Crippen LogP contribution >= 0.6 is 0 Å². The first-order chi connectivity index (χ1) is 10.1. The number of rotatable bonds is 5. The molecule has 0 aliphatic carbocycles. The van der Waals surface area contributed by atoms with E-state index in [4.69, 9.17) is 9.84 Å². The van der Waals surface area contributed by atoms with Crippen LogP contribution in [0.3, 0.4) is 0 Å². The van der Waals surface area contributed by atoms with E-state index in [9.17, 15) is 9.59 Å². The lowest BCUT2D eigenvalue weighted by molar-refractivity contribution is -0.137. The summed E-state index contributed by atoms with van der Waals surface area (Å²) in [5.74, 6) is -0.196. The van der Waals surface area contributed by atoms with Gasteiger partial charge < -0.3 is 14.7 Å². The molecule has 1 aromatic carbocycles. The van der Waals surface area contributed by atoms with Gasteiger partial charge in [0.05, 0.1) is 7.11 Å². The average molecular weight is 291 g/mol. The van der Waals surface area contributed by atoms with Crippen molar-refractivity contribution in [3.63, 3.8) is 0 Å². The molecule has 1 amide bonds. The molecular formula is C16H21NO4. The maximum absolute atomic E-state index is 12.6. The molecule has 1 aromatic rings. The van der Waals surface area contributed by atoms with Crippen molar-refractivity contribution in [1.82, 2.24) is 4.90 Å². The maximum atomic E-state index is 12.6. The standard InChI is InChI=1S/C16H21NO4/c1-21-14-7-4-5-12(11-14)16(20)17-10-3-2-6-13(17)8-9-15(18)19/h4-5,7,11,13H,2-3,6,8-10H2,1H3,(H,18,19). The number of benzene rings is 1. The van der Waals surface area contributed by atoms with Gasteiger partial charge >= 0.3 is 5.97 Å². The number of carboxylic acids is 1. The molecule has 5 nitrogen and oxygen atoms in total. The van der Waals surface area contributed by atoms with Crippen LogP contribution in [0.25, 0.3) is 0 Å². The van der Waals surface area contributed by atoms with Gasteiger partial charge in [-0.3, -0.25) is 9.59 Å². The van der Waals surface area contributed by atoms with E-state index in [-0.39, 0.29) is 18.4 Å². The van der Waals surface area contributed by atoms with Gasteiger partial charge in [0.25, 0.3) is 5.91 Å². The van der Waals surface area contributed by atoms with Crippen LogP contribution in [0.1, 0.15) is 42.5 Å². The quantitative estimate of drug-likeness (QED) is 0.905. The summed E-state index contributed by atoms with van der Waals surface area (Å²) in [6, 6.07) is 7.12. The highest BCUT2D eigenvalue weighted by molar-refractivity contribution is 5.95. The molecule has 21 heavy (non-hydrogen) atoms. The van der Waals surface area contributed by atoms with Gasteiger partial charge in [0.15, 0.2) is 0 Å². The third-order valence-electron chi connectivity index (χ3n) is 3.90. The fourth-order valence-corrected chi connectivity index (χ4v) is 2.78. The lowest BCUT2D eigenvalue weighted by Crippen LogP contribution is -2.43. The first kappa shape index (κ1) is 15.4. The lowest BCUT2D eigenvalue weighted by Gasteiger charge is -2.35. The van der Waals surface area contributed by atoms with E-state index in [1.807, 2.05) is 4.90 Å². The molecule has 1 aliphatic rings. The zero-order chi connectivity index (χ0) is 15.2. The third-order valence-corrected chi connectivity index (χ3v) is 3.90. The number of carboxylic acid groups (broad SMARTS) is 1. The smallest absolute Gasteiger partial charge is 0.303 e. The summed E-state index contributed by atoms with van der Waals surface area (Å²) in [4.78, 5) is 25.2. The van der Waals surface area contributed by atoms with E-state index in [0.29, 0.717) is 24.3 Å². The number of hydrogen-bond donors (Lipinski definition) is 1. The highest BCUT2D eigenvalue weighted by Crippen LogP contribution is 2.24. The van der Waals surface area contributed by atoms with Gasteiger partial charge in [-0.1, -0.05) is 6.07 Å². The maximum Gasteiger partial charge on any atom is 0.303 e. The Morgan fingerprint density at radius 2 is 2.19 bits per heavy atom. The molecule has 0 aromatic heterocycles. The molecule has 0 spiro atoms. The van der Waals surface area contributed by atoms with Crippen molar-refractivity contribution < 1.29 is 19.4 Å². The normalized spacial score (nSPS) is 18.3. The van der Waals surface area contributed by atoms with Gasteiger partial charge in [0, 0.05) is 24.6 Å². The van der Waals surface area contributed by atoms with Crippen LogP contribution in [0.4, 0.5) is 0 Å². The van der Waals surface area contributed by atoms with Gasteiger partial charge in [0.1, 0.15) is 5.75 Å². The zero-order valence-corrected chi connectivity index (χ0v) is 12.2. The van der Waals surface area contributed by atoms with Crippen LogP contribution in [0.2, 0.25) is 0 Å². The van der Waals surface area contributed by atoms with E-state index in [0.717, 1.165) is 19.3 Å². The Morgan fingerprint density at radius 3 is 2.90 bits per heavy atom. The van der Waals surface area contributed by atoms with Crippen LogP contribution < -0.4 is 4.74 Å². The van der Waals surface area contributed by atoms with Crippen molar-refractivity contribution in [3.05, 3.63) is 29.8 Å². The molecule has 0 radical (unpaired) electrons. The molecule has 0 saturated carbocycles. The van der Waals surface area contributed by atoms with Crippen molar-refractivity contribution in [2.24, 2.45) is 0 Å². The molecule has 1 fully saturated rings. The fourth-order valence-electron chi connectivity index (χ4n) is 2.78. The molecule has 1 unspecified atom stereocenters. The first-order valence-electron chi connectivity index (χ1n) is 7.28. The van der Waals surface area contributed by atoms with Gasteiger partial charge in [-0.2, -0.15) is 0 Å². The SMILES string of the molecule is COc1cccc(C(=O)N2CCCCC2CCC(=O)O)c1. The van der Waals surface area contributed by atoms with E-state index in [1.165, 1.54) is 0 Å². The number of likely N-dealkylation sites (tertiary alicyclic amines) is 1. The molecule has 1 saturated heterocycles. The first-order valence-corrected chi connectivity index (χ1v) is 7.28. The minimum atomic E-state index is -0.811. The van der Waals surface area contributed by atoms with Crippen molar-refractivity contribution in [2.75, 3.05) is 13.7 Å². The minimum Gasteiger partial charge on any atom is -0.497 e. The highest BCUT2D eigenvalue weighted by atomic mass is 16.5. The molecular weight excluding hydrogens is 270 g/mol. The third kappa shape index (κ3) is 3.97. The summed E-state index contributed by atoms with van der Waals surface area (Å²) in [6.07, 6.45) is 3.52. The second kappa shape index (κ2) is 7.11. The number of aliphatic carboxylic acids is 1. The van der Waals surface area contributed by atoms with Crippen molar-refractivity contribution in [1.29, 1.82) is 0 Å². The number of methoxy groups -OCH3 is 1. The second-order valence-corrected chi connectivity index (χ2v) is 5.31. The summed E-state index contributed by atoms with van der Waals surface area (Å²) in [7, 11) is 1.57. The van der Waals surface area contributed by atoms with Crippen LogP contribution in [-0.4, -0.2) is 41.6 Å². The Balaban J connectivity index is 2.11. The molecule has 0 bridgehead atoms. The Hall–Kier alpha value is -2.04. The van der Waals surface area contributed by atoms with E-state index >= 15 is 0 Å². The Kier molecular flexibility index (Phi) is 5.20. The van der Waals surface area contributed by atoms with Crippen molar-refractivity contribution in [2.45, 2.75) is 38.1 Å². The topological polar surface area (TPSA) is 66.8 Å². The largest absolute Gasteiger partial charge is 0.497 e. The average Bonchev–Trinajstić information content (AvgIpc) is 2.52. The van der Waals surface area contributed by atoms with Crippen molar-refractivity contribution in [3.8, 4) is 5.75 Å². The highest BCUT2D eigenvalue weighted by Gasteiger charge is 2.27. The number of hydrogen-bond acceptors (Lipinski definition) is 3. The number of carbonyl (C=O) groups excluding carboxylic acids is 1. The number of ether oxygens (including phenoxy) is 1. The van der Waals surface area contributed by atoms with Crippen LogP contribution in [-0.2, 0) is 4.79 Å². The van der Waals surface area contributed by atoms with Gasteiger partial charge in [-0.25, -0.2) is 0 Å². The minimum absolute atomic E-state index is 0.0218. The number of piperidine rings is 1. The molecule has 1 heterocycles. The summed E-state index contributed by atoms with van der Waals surface area (Å²) in [5, 5.41) is 8.83. The van der Waals surface area contributed by atoms with Gasteiger partial charge in [-0.05, 0) is 43.9 Å². The summed E-state index contributed by atoms with van der Waals surface area (Å²) >= 11 is 0. The Bertz CT molecular complexity index is 515. The monoisotopic (exact) mass is 291 g/mol. The molecule has 2 rings (SSSR count). The second-order valence-electron chi connectivity index (χ2n) is 5.31. The predicted octanol–water partition coefficient (Wildman–Crippen LogP) is 2.55. The molecule has 1 atom stereocenters. The predicted molar refractivity (Wildman–Crippen MR) is 78.5 cm³/mol. The summed E-state index contributed by atoms with van der Waals surface area (Å²) < 4.78 is 5.15. The molecule has 5 heteroatoms. The van der Waals surface area contributed by atoms with Crippen LogP contribution in [0, 0.1) is 0 Å². The van der Waals surface area contributed by atoms with E-state index < -0.39 is 5.97 Å². The molecule has 1 N–H and O–H groups in total. The molecule has 1 aliphatic heterocycles.